The van der Waals surface area contributed by atoms with Gasteiger partial charge in [-0.3, -0.25) is 9.88 Å². The molecule has 0 amide bonds. The van der Waals surface area contributed by atoms with Gasteiger partial charge in [-0.1, -0.05) is 24.3 Å². The second kappa shape index (κ2) is 7.24. The van der Waals surface area contributed by atoms with Crippen molar-refractivity contribution in [1.82, 2.24) is 9.88 Å². The lowest BCUT2D eigenvalue weighted by molar-refractivity contribution is 0.0287. The normalized spacial score (nSPS) is 22.2. The van der Waals surface area contributed by atoms with E-state index in [2.05, 4.69) is 53.2 Å². The molecule has 1 fully saturated rings. The van der Waals surface area contributed by atoms with Crippen LogP contribution in [0.2, 0.25) is 0 Å². The topological polar surface area (TPSA) is 36.4 Å². The molecule has 1 aliphatic rings. The van der Waals surface area contributed by atoms with E-state index in [1.54, 1.807) is 0 Å². The number of pyridine rings is 1. The molecule has 1 saturated heterocycles. The molecule has 0 spiro atoms. The van der Waals surface area contributed by atoms with E-state index in [4.69, 9.17) is 0 Å². The van der Waals surface area contributed by atoms with Crippen LogP contribution in [0.1, 0.15) is 29.5 Å². The van der Waals surface area contributed by atoms with Crippen molar-refractivity contribution >= 4 is 0 Å². The van der Waals surface area contributed by atoms with Crippen molar-refractivity contribution in [3.8, 4) is 0 Å². The van der Waals surface area contributed by atoms with Crippen molar-refractivity contribution in [2.75, 3.05) is 19.7 Å². The van der Waals surface area contributed by atoms with E-state index in [0.717, 1.165) is 38.9 Å². The molecule has 23 heavy (non-hydrogen) atoms. The number of hydrogen-bond donors (Lipinski definition) is 1. The number of nitrogens with zero attached hydrogens (tertiary/aromatic N) is 2. The monoisotopic (exact) mass is 310 g/mol. The van der Waals surface area contributed by atoms with Crippen molar-refractivity contribution in [1.29, 1.82) is 0 Å². The number of aliphatic hydroxyl groups excluding tert-OH is 1. The average Bonchev–Trinajstić information content (AvgIpc) is 2.58. The van der Waals surface area contributed by atoms with Crippen LogP contribution >= 0.6 is 0 Å². The summed E-state index contributed by atoms with van der Waals surface area (Å²) in [6.45, 7) is 5.43. The standard InChI is InChI=1S/C20H26N2O/c1-17-5-2-3-6-19(17)13-20(16-23)9-4-12-22(15-20)14-18-7-10-21-11-8-18/h2-3,5-8,10-11,23H,4,9,12-16H2,1H3. The fourth-order valence-electron chi connectivity index (χ4n) is 3.73. The van der Waals surface area contributed by atoms with E-state index in [1.807, 2.05) is 12.4 Å². The SMILES string of the molecule is Cc1ccccc1CC1(CO)CCCN(Cc2ccncc2)C1. The summed E-state index contributed by atoms with van der Waals surface area (Å²) in [5, 5.41) is 10.1. The highest BCUT2D eigenvalue weighted by atomic mass is 16.3. The molecule has 0 bridgehead atoms. The number of aliphatic hydroxyl groups is 1. The van der Waals surface area contributed by atoms with Gasteiger partial charge >= 0.3 is 0 Å². The quantitative estimate of drug-likeness (QED) is 0.921. The largest absolute Gasteiger partial charge is 0.396 e. The van der Waals surface area contributed by atoms with Crippen molar-refractivity contribution in [2.24, 2.45) is 5.41 Å². The molecule has 1 N–H and O–H groups in total. The molecule has 0 aliphatic carbocycles. The Morgan fingerprint density at radius 1 is 1.17 bits per heavy atom. The van der Waals surface area contributed by atoms with Crippen LogP contribution < -0.4 is 0 Å². The minimum Gasteiger partial charge on any atom is -0.396 e. The van der Waals surface area contributed by atoms with Crippen molar-refractivity contribution in [3.63, 3.8) is 0 Å². The molecule has 0 radical (unpaired) electrons. The van der Waals surface area contributed by atoms with Gasteiger partial charge in [-0.25, -0.2) is 0 Å². The van der Waals surface area contributed by atoms with Crippen LogP contribution in [0, 0.1) is 12.3 Å². The predicted octanol–water partition coefficient (Wildman–Crippen LogP) is 3.21. The van der Waals surface area contributed by atoms with E-state index >= 15 is 0 Å². The Hall–Kier alpha value is -1.71. The summed E-state index contributed by atoms with van der Waals surface area (Å²) in [5.74, 6) is 0. The highest BCUT2D eigenvalue weighted by molar-refractivity contribution is 5.27. The lowest BCUT2D eigenvalue weighted by Crippen LogP contribution is -2.46. The first-order valence-electron chi connectivity index (χ1n) is 8.47. The second-order valence-electron chi connectivity index (χ2n) is 6.93. The molecule has 3 rings (SSSR count). The molecule has 2 heterocycles. The number of benzene rings is 1. The summed E-state index contributed by atoms with van der Waals surface area (Å²) in [6, 6.07) is 12.7. The third-order valence-corrected chi connectivity index (χ3v) is 5.06. The Kier molecular flexibility index (Phi) is 5.09. The zero-order valence-electron chi connectivity index (χ0n) is 13.9. The number of likely N-dealkylation sites (tertiary alicyclic amines) is 1. The van der Waals surface area contributed by atoms with Crippen LogP contribution in [0.5, 0.6) is 0 Å². The summed E-state index contributed by atoms with van der Waals surface area (Å²) in [6.07, 6.45) is 6.92. The molecule has 1 aromatic carbocycles. The van der Waals surface area contributed by atoms with E-state index < -0.39 is 0 Å². The van der Waals surface area contributed by atoms with Gasteiger partial charge in [0.05, 0.1) is 6.61 Å². The minimum absolute atomic E-state index is 0.0165. The van der Waals surface area contributed by atoms with Crippen LogP contribution in [0.4, 0.5) is 0 Å². The molecule has 1 aliphatic heterocycles. The van der Waals surface area contributed by atoms with E-state index in [1.165, 1.54) is 16.7 Å². The van der Waals surface area contributed by atoms with Gasteiger partial charge in [0.25, 0.3) is 0 Å². The summed E-state index contributed by atoms with van der Waals surface area (Å²) in [5.41, 5.74) is 3.97. The Labute approximate surface area is 139 Å². The van der Waals surface area contributed by atoms with Crippen LogP contribution in [-0.2, 0) is 13.0 Å². The number of rotatable bonds is 5. The lowest BCUT2D eigenvalue weighted by atomic mass is 9.75. The first-order valence-corrected chi connectivity index (χ1v) is 8.47. The van der Waals surface area contributed by atoms with Gasteiger partial charge < -0.3 is 5.11 Å². The third-order valence-electron chi connectivity index (χ3n) is 5.06. The zero-order chi connectivity index (χ0) is 16.1. The van der Waals surface area contributed by atoms with Crippen molar-refractivity contribution in [3.05, 3.63) is 65.5 Å². The van der Waals surface area contributed by atoms with Gasteiger partial charge in [0.1, 0.15) is 0 Å². The zero-order valence-corrected chi connectivity index (χ0v) is 13.9. The molecule has 0 saturated carbocycles. The molecule has 122 valence electrons. The van der Waals surface area contributed by atoms with Crippen LogP contribution in [-0.4, -0.2) is 34.7 Å². The number of aromatic nitrogens is 1. The Bertz CT molecular complexity index is 629. The highest BCUT2D eigenvalue weighted by Gasteiger charge is 2.35. The summed E-state index contributed by atoms with van der Waals surface area (Å²) in [4.78, 5) is 6.57. The molecule has 3 heteroatoms. The van der Waals surface area contributed by atoms with Gasteiger partial charge in [0, 0.05) is 30.9 Å². The summed E-state index contributed by atoms with van der Waals surface area (Å²) in [7, 11) is 0. The lowest BCUT2D eigenvalue weighted by Gasteiger charge is -2.42. The fraction of sp³-hybridized carbons (Fsp3) is 0.450. The summed E-state index contributed by atoms with van der Waals surface area (Å²) < 4.78 is 0. The number of hydrogen-bond acceptors (Lipinski definition) is 3. The van der Waals surface area contributed by atoms with E-state index in [0.29, 0.717) is 0 Å². The fourth-order valence-corrected chi connectivity index (χ4v) is 3.73. The number of aryl methyl sites for hydroxylation is 1. The van der Waals surface area contributed by atoms with E-state index in [-0.39, 0.29) is 12.0 Å². The maximum absolute atomic E-state index is 10.1. The second-order valence-corrected chi connectivity index (χ2v) is 6.93. The maximum Gasteiger partial charge on any atom is 0.0502 e. The van der Waals surface area contributed by atoms with Gasteiger partial charge in [0.2, 0.25) is 0 Å². The van der Waals surface area contributed by atoms with Crippen LogP contribution in [0.15, 0.2) is 48.8 Å². The molecular formula is C20H26N2O. The van der Waals surface area contributed by atoms with Gasteiger partial charge in [0.15, 0.2) is 0 Å². The van der Waals surface area contributed by atoms with Crippen molar-refractivity contribution in [2.45, 2.75) is 32.7 Å². The smallest absolute Gasteiger partial charge is 0.0502 e. The Morgan fingerprint density at radius 3 is 2.70 bits per heavy atom. The van der Waals surface area contributed by atoms with Crippen molar-refractivity contribution < 1.29 is 5.11 Å². The third kappa shape index (κ3) is 3.98. The van der Waals surface area contributed by atoms with Crippen LogP contribution in [0.25, 0.3) is 0 Å². The number of piperidine rings is 1. The Morgan fingerprint density at radius 2 is 1.96 bits per heavy atom. The van der Waals surface area contributed by atoms with Gasteiger partial charge in [-0.05, 0) is 61.6 Å². The molecule has 2 aromatic rings. The predicted molar refractivity (Wildman–Crippen MR) is 93.1 cm³/mol. The van der Waals surface area contributed by atoms with Gasteiger partial charge in [-0.2, -0.15) is 0 Å². The Balaban J connectivity index is 1.72. The first kappa shape index (κ1) is 16.2. The maximum atomic E-state index is 10.1. The average molecular weight is 310 g/mol. The van der Waals surface area contributed by atoms with E-state index in [9.17, 15) is 5.11 Å². The molecular weight excluding hydrogens is 284 g/mol. The molecule has 1 aromatic heterocycles. The first-order chi connectivity index (χ1) is 11.2. The molecule has 3 nitrogen and oxygen atoms in total. The summed E-state index contributed by atoms with van der Waals surface area (Å²) >= 11 is 0. The van der Waals surface area contributed by atoms with Gasteiger partial charge in [-0.15, -0.1) is 0 Å². The minimum atomic E-state index is -0.0165. The molecule has 1 unspecified atom stereocenters. The molecule has 1 atom stereocenters. The highest BCUT2D eigenvalue weighted by Crippen LogP contribution is 2.34. The van der Waals surface area contributed by atoms with Crippen LogP contribution in [0.3, 0.4) is 0 Å².